The molecule has 1 saturated carbocycles. The van der Waals surface area contributed by atoms with Gasteiger partial charge in [0.2, 0.25) is 5.91 Å². The maximum atomic E-state index is 13.4. The Kier molecular flexibility index (Phi) is 6.49. The Hall–Kier alpha value is -3.00. The molecule has 7 nitrogen and oxygen atoms in total. The fourth-order valence-electron chi connectivity index (χ4n) is 5.28. The minimum Gasteiger partial charge on any atom is -0.480 e. The molecule has 5 rings (SSSR count). The van der Waals surface area contributed by atoms with Gasteiger partial charge in [-0.15, -0.1) is 11.8 Å². The molecule has 0 spiro atoms. The van der Waals surface area contributed by atoms with Crippen LogP contribution in [0.4, 0.5) is 4.79 Å². The maximum absolute atomic E-state index is 13.4. The van der Waals surface area contributed by atoms with Crippen LogP contribution >= 0.6 is 11.8 Å². The Bertz CT molecular complexity index is 1100. The molecule has 3 aliphatic rings. The topological polar surface area (TPSA) is 95.9 Å². The van der Waals surface area contributed by atoms with Gasteiger partial charge < -0.3 is 20.1 Å². The van der Waals surface area contributed by atoms with Gasteiger partial charge in [0, 0.05) is 18.2 Å². The van der Waals surface area contributed by atoms with Gasteiger partial charge in [-0.05, 0) is 41.5 Å². The Balaban J connectivity index is 1.21. The summed E-state index contributed by atoms with van der Waals surface area (Å²) in [6.07, 6.45) is 2.36. The number of thioether (sulfide) groups is 1. The van der Waals surface area contributed by atoms with E-state index >= 15 is 0 Å². The highest BCUT2D eigenvalue weighted by Gasteiger charge is 2.56. The third-order valence-corrected chi connectivity index (χ3v) is 8.73. The summed E-state index contributed by atoms with van der Waals surface area (Å²) in [6, 6.07) is 15.5. The molecule has 2 aromatic rings. The molecule has 2 amide bonds. The van der Waals surface area contributed by atoms with E-state index in [0.717, 1.165) is 35.1 Å². The number of hydrogen-bond acceptors (Lipinski definition) is 5. The van der Waals surface area contributed by atoms with E-state index in [1.54, 1.807) is 4.90 Å². The summed E-state index contributed by atoms with van der Waals surface area (Å²) in [4.78, 5) is 39.4. The molecule has 0 bridgehead atoms. The molecule has 0 aromatic heterocycles. The highest BCUT2D eigenvalue weighted by atomic mass is 32.2. The molecule has 2 atom stereocenters. The van der Waals surface area contributed by atoms with Crippen LogP contribution in [0, 0.1) is 5.41 Å². The third kappa shape index (κ3) is 4.40. The van der Waals surface area contributed by atoms with E-state index in [-0.39, 0.29) is 30.4 Å². The van der Waals surface area contributed by atoms with Crippen molar-refractivity contribution in [3.05, 3.63) is 59.7 Å². The van der Waals surface area contributed by atoms with Crippen LogP contribution < -0.4 is 5.32 Å². The average Bonchev–Trinajstić information content (AvgIpc) is 3.44. The van der Waals surface area contributed by atoms with E-state index in [9.17, 15) is 19.5 Å². The lowest BCUT2D eigenvalue weighted by Crippen LogP contribution is -2.51. The van der Waals surface area contributed by atoms with Crippen molar-refractivity contribution in [3.8, 4) is 11.1 Å². The molecule has 1 heterocycles. The Morgan fingerprint density at radius 3 is 2.29 bits per heavy atom. The van der Waals surface area contributed by atoms with Crippen LogP contribution in [0.1, 0.15) is 49.7 Å². The molecule has 1 aliphatic heterocycles. The van der Waals surface area contributed by atoms with E-state index < -0.39 is 23.5 Å². The highest BCUT2D eigenvalue weighted by Crippen LogP contribution is 2.49. The predicted molar refractivity (Wildman–Crippen MR) is 134 cm³/mol. The molecule has 0 radical (unpaired) electrons. The standard InChI is InChI=1S/C27H30N2O5S/c1-2-7-23-29(22(15-35-23)24(30)31)25(32)27(12-13-27)16-28-26(33)34-14-21-19-10-5-3-8-17(19)18-9-4-6-11-20(18)21/h3-6,8-11,21-23H,2,7,12-16H2,1H3,(H,28,33)(H,30,31). The van der Waals surface area contributed by atoms with Crippen molar-refractivity contribution in [3.63, 3.8) is 0 Å². The van der Waals surface area contributed by atoms with Gasteiger partial charge in [0.25, 0.3) is 0 Å². The van der Waals surface area contributed by atoms with Gasteiger partial charge in [-0.2, -0.15) is 0 Å². The van der Waals surface area contributed by atoms with Crippen molar-refractivity contribution in [1.82, 2.24) is 10.2 Å². The van der Waals surface area contributed by atoms with Crippen molar-refractivity contribution in [2.24, 2.45) is 5.41 Å². The van der Waals surface area contributed by atoms with Gasteiger partial charge >= 0.3 is 12.1 Å². The van der Waals surface area contributed by atoms with E-state index in [1.165, 1.54) is 11.8 Å². The lowest BCUT2D eigenvalue weighted by atomic mass is 9.98. The van der Waals surface area contributed by atoms with Gasteiger partial charge in [0.15, 0.2) is 0 Å². The predicted octanol–water partition coefficient (Wildman–Crippen LogP) is 4.46. The summed E-state index contributed by atoms with van der Waals surface area (Å²) >= 11 is 1.53. The number of nitrogens with zero attached hydrogens (tertiary/aromatic N) is 1. The molecule has 8 heteroatoms. The molecule has 2 fully saturated rings. The summed E-state index contributed by atoms with van der Waals surface area (Å²) in [6.45, 7) is 2.40. The molecule has 2 N–H and O–H groups in total. The number of carboxylic acid groups (broad SMARTS) is 1. The number of amides is 2. The number of carboxylic acids is 1. The number of hydrogen-bond donors (Lipinski definition) is 2. The Morgan fingerprint density at radius 1 is 1.09 bits per heavy atom. The van der Waals surface area contributed by atoms with E-state index in [0.29, 0.717) is 18.6 Å². The van der Waals surface area contributed by atoms with Gasteiger partial charge in [-0.1, -0.05) is 61.9 Å². The van der Waals surface area contributed by atoms with E-state index in [1.807, 2.05) is 31.2 Å². The number of alkyl carbamates (subject to hydrolysis) is 1. The number of benzene rings is 2. The fraction of sp³-hybridized carbons (Fsp3) is 0.444. The van der Waals surface area contributed by atoms with Crippen molar-refractivity contribution >= 4 is 29.7 Å². The summed E-state index contributed by atoms with van der Waals surface area (Å²) in [5.41, 5.74) is 3.89. The minimum atomic E-state index is -0.968. The zero-order valence-corrected chi connectivity index (χ0v) is 20.6. The van der Waals surface area contributed by atoms with Gasteiger partial charge in [-0.3, -0.25) is 4.79 Å². The molecular formula is C27H30N2O5S. The minimum absolute atomic E-state index is 0.0302. The monoisotopic (exact) mass is 494 g/mol. The van der Waals surface area contributed by atoms with Crippen LogP contribution in [-0.2, 0) is 14.3 Å². The molecule has 2 aliphatic carbocycles. The Morgan fingerprint density at radius 2 is 1.71 bits per heavy atom. The quantitative estimate of drug-likeness (QED) is 0.563. The summed E-state index contributed by atoms with van der Waals surface area (Å²) in [7, 11) is 0. The summed E-state index contributed by atoms with van der Waals surface area (Å²) < 4.78 is 5.61. The first-order chi connectivity index (χ1) is 16.9. The SMILES string of the molecule is CCCC1SCC(C(=O)O)N1C(=O)C1(CNC(=O)OCC2c3ccccc3-c3ccccc32)CC1. The number of fused-ring (bicyclic) bond motifs is 3. The number of carbonyl (C=O) groups is 3. The fourth-order valence-corrected chi connectivity index (χ4v) is 6.79. The molecule has 35 heavy (non-hydrogen) atoms. The summed E-state index contributed by atoms with van der Waals surface area (Å²) in [5.74, 6) is -0.754. The van der Waals surface area contributed by atoms with Gasteiger partial charge in [0.1, 0.15) is 12.6 Å². The van der Waals surface area contributed by atoms with Crippen LogP contribution in [0.25, 0.3) is 11.1 Å². The largest absolute Gasteiger partial charge is 0.480 e. The average molecular weight is 495 g/mol. The molecular weight excluding hydrogens is 464 g/mol. The van der Waals surface area contributed by atoms with Gasteiger partial charge in [0.05, 0.1) is 10.8 Å². The number of aliphatic carboxylic acids is 1. The van der Waals surface area contributed by atoms with E-state index in [2.05, 4.69) is 29.6 Å². The second-order valence-electron chi connectivity index (χ2n) is 9.60. The first-order valence-electron chi connectivity index (χ1n) is 12.2. The lowest BCUT2D eigenvalue weighted by Gasteiger charge is -2.31. The van der Waals surface area contributed by atoms with Crippen LogP contribution in [0.3, 0.4) is 0 Å². The second-order valence-corrected chi connectivity index (χ2v) is 10.8. The van der Waals surface area contributed by atoms with Gasteiger partial charge in [-0.25, -0.2) is 9.59 Å². The second kappa shape index (κ2) is 9.57. The van der Waals surface area contributed by atoms with E-state index in [4.69, 9.17) is 4.74 Å². The first-order valence-corrected chi connectivity index (χ1v) is 13.3. The molecule has 1 saturated heterocycles. The maximum Gasteiger partial charge on any atom is 0.407 e. The van der Waals surface area contributed by atoms with Crippen LogP contribution in [0.5, 0.6) is 0 Å². The van der Waals surface area contributed by atoms with Crippen molar-refractivity contribution < 1.29 is 24.2 Å². The number of nitrogens with one attached hydrogen (secondary N) is 1. The lowest BCUT2D eigenvalue weighted by molar-refractivity contribution is -0.151. The number of ether oxygens (including phenoxy) is 1. The smallest absolute Gasteiger partial charge is 0.407 e. The van der Waals surface area contributed by atoms with Crippen LogP contribution in [-0.4, -0.2) is 58.3 Å². The van der Waals surface area contributed by atoms with Crippen molar-refractivity contribution in [2.75, 3.05) is 18.9 Å². The zero-order valence-electron chi connectivity index (χ0n) is 19.7. The summed E-state index contributed by atoms with van der Waals surface area (Å²) in [5, 5.41) is 12.3. The zero-order chi connectivity index (χ0) is 24.6. The first kappa shape index (κ1) is 23.7. The number of carbonyl (C=O) groups excluding carboxylic acids is 2. The van der Waals surface area contributed by atoms with Crippen LogP contribution in [0.2, 0.25) is 0 Å². The number of rotatable bonds is 8. The third-order valence-electron chi connectivity index (χ3n) is 7.37. The normalized spacial score (nSPS) is 21.8. The highest BCUT2D eigenvalue weighted by molar-refractivity contribution is 8.00. The Labute approximate surface area is 209 Å². The van der Waals surface area contributed by atoms with Crippen molar-refractivity contribution in [2.45, 2.75) is 49.9 Å². The molecule has 2 unspecified atom stereocenters. The molecule has 184 valence electrons. The molecule has 2 aromatic carbocycles. The van der Waals surface area contributed by atoms with Crippen molar-refractivity contribution in [1.29, 1.82) is 0 Å². The van der Waals surface area contributed by atoms with Crippen LogP contribution in [0.15, 0.2) is 48.5 Å².